The quantitative estimate of drug-likeness (QED) is 0.0307. The molecular weight excluding hydrogens is 1540 g/mol. The van der Waals surface area contributed by atoms with E-state index in [2.05, 4.69) is 5.32 Å². The zero-order chi connectivity index (χ0) is 80.6. The van der Waals surface area contributed by atoms with Crippen molar-refractivity contribution in [1.82, 2.24) is 5.32 Å². The van der Waals surface area contributed by atoms with Gasteiger partial charge in [-0.05, 0) is 76.5 Å². The zero-order valence-corrected chi connectivity index (χ0v) is 67.5. The second kappa shape index (κ2) is 58.0. The molecule has 3 saturated heterocycles. The van der Waals surface area contributed by atoms with Gasteiger partial charge in [0.05, 0.1) is 130 Å². The van der Waals surface area contributed by atoms with Crippen LogP contribution in [0.1, 0.15) is 137 Å². The Morgan fingerprint density at radius 1 is 0.376 bits per heavy atom. The highest BCUT2D eigenvalue weighted by Crippen LogP contribution is 2.47. The minimum Gasteiger partial charge on any atom is -0.396 e. The Balaban J connectivity index is 1.60. The summed E-state index contributed by atoms with van der Waals surface area (Å²) in [5.41, 5.74) is -1.47. The number of rotatable bonds is 69. The fourth-order valence-corrected chi connectivity index (χ4v) is 14.5. The van der Waals surface area contributed by atoms with Gasteiger partial charge in [0.1, 0.15) is 42.7 Å². The van der Waals surface area contributed by atoms with Crippen molar-refractivity contribution in [2.75, 3.05) is 179 Å². The van der Waals surface area contributed by atoms with Crippen molar-refractivity contribution in [2.45, 2.75) is 211 Å². The van der Waals surface area contributed by atoms with E-state index in [1.807, 2.05) is 13.8 Å². The molecule has 0 aromatic rings. The van der Waals surface area contributed by atoms with Crippen LogP contribution in [0.5, 0.6) is 0 Å². The summed E-state index contributed by atoms with van der Waals surface area (Å²) in [5.74, 6) is -1.61. The van der Waals surface area contributed by atoms with E-state index < -0.39 is 142 Å². The molecule has 3 aliphatic heterocycles. The maximum atomic E-state index is 13.5. The van der Waals surface area contributed by atoms with Crippen LogP contribution >= 0.6 is 31.3 Å². The molecular formula is C66H131NO38P4. The van der Waals surface area contributed by atoms with Gasteiger partial charge in [-0.1, -0.05) is 59.3 Å². The second-order valence-corrected chi connectivity index (χ2v) is 33.2. The molecule has 0 spiro atoms. The van der Waals surface area contributed by atoms with E-state index in [0.29, 0.717) is 103 Å². The third-order valence-corrected chi connectivity index (χ3v) is 22.0. The van der Waals surface area contributed by atoms with Crippen LogP contribution in [0.15, 0.2) is 0 Å². The number of phosphoric ester groups is 4. The number of ether oxygens (including phenoxy) is 12. The van der Waals surface area contributed by atoms with E-state index >= 15 is 0 Å². The molecule has 648 valence electrons. The first-order valence-corrected chi connectivity index (χ1v) is 43.7. The number of aliphatic hydroxyl groups excluding tert-OH is 9. The predicted molar refractivity (Wildman–Crippen MR) is 385 cm³/mol. The number of hydrogen-bond donors (Lipinski definition) is 14. The van der Waals surface area contributed by atoms with Crippen molar-refractivity contribution in [3.63, 3.8) is 0 Å². The summed E-state index contributed by atoms with van der Waals surface area (Å²) in [6.07, 6.45) is -4.12. The number of nitrogens with one attached hydrogen (secondary N) is 1. The van der Waals surface area contributed by atoms with Gasteiger partial charge in [-0.15, -0.1) is 0 Å². The fraction of sp³-hybridized carbons (Fsp3) is 0.985. The van der Waals surface area contributed by atoms with Gasteiger partial charge in [-0.2, -0.15) is 0 Å². The minimum absolute atomic E-state index is 0.0156. The highest BCUT2D eigenvalue weighted by atomic mass is 31.2. The van der Waals surface area contributed by atoms with Crippen LogP contribution in [-0.4, -0.2) is 324 Å². The molecule has 0 bridgehead atoms. The number of methoxy groups -OCH3 is 1. The second-order valence-electron chi connectivity index (χ2n) is 27.4. The maximum Gasteiger partial charge on any atom is 0.472 e. The normalized spacial score (nSPS) is 27.9. The Labute approximate surface area is 640 Å². The monoisotopic (exact) mass is 1670 g/mol. The summed E-state index contributed by atoms with van der Waals surface area (Å²) < 4.78 is 163. The fourth-order valence-electron chi connectivity index (χ4n) is 11.3. The number of hydrogen-bond acceptors (Lipinski definition) is 34. The molecule has 14 N–H and O–H groups in total. The molecule has 3 rings (SSSR count). The predicted octanol–water partition coefficient (Wildman–Crippen LogP) is 2.90. The molecule has 0 radical (unpaired) electrons. The van der Waals surface area contributed by atoms with Crippen molar-refractivity contribution in [1.29, 1.82) is 0 Å². The van der Waals surface area contributed by atoms with Crippen molar-refractivity contribution in [3.05, 3.63) is 0 Å². The van der Waals surface area contributed by atoms with Gasteiger partial charge < -0.3 is 128 Å². The van der Waals surface area contributed by atoms with Crippen LogP contribution in [0, 0.1) is 29.1 Å². The largest absolute Gasteiger partial charge is 0.472 e. The first-order chi connectivity index (χ1) is 52.0. The Morgan fingerprint density at radius 2 is 0.697 bits per heavy atom. The third-order valence-electron chi connectivity index (χ3n) is 17.9. The van der Waals surface area contributed by atoms with Crippen molar-refractivity contribution >= 4 is 37.2 Å². The Bertz CT molecular complexity index is 2430. The van der Waals surface area contributed by atoms with E-state index in [4.69, 9.17) is 93.0 Å². The lowest BCUT2D eigenvalue weighted by molar-refractivity contribution is -0.282. The average molecular weight is 1670 g/mol. The van der Waals surface area contributed by atoms with Crippen LogP contribution in [-0.2, 0) is 116 Å². The van der Waals surface area contributed by atoms with Crippen molar-refractivity contribution in [3.8, 4) is 0 Å². The molecule has 0 aliphatic carbocycles. The van der Waals surface area contributed by atoms with Crippen molar-refractivity contribution in [2.24, 2.45) is 29.1 Å². The molecule has 1 amide bonds. The van der Waals surface area contributed by atoms with Crippen LogP contribution in [0.2, 0.25) is 0 Å². The lowest BCUT2D eigenvalue weighted by Gasteiger charge is -2.42. The summed E-state index contributed by atoms with van der Waals surface area (Å²) in [6, 6.07) is -1.09. The molecule has 39 nitrogen and oxygen atoms in total. The van der Waals surface area contributed by atoms with Gasteiger partial charge in [-0.3, -0.25) is 41.0 Å². The number of carbonyl (C=O) groups is 1. The molecule has 3 heterocycles. The van der Waals surface area contributed by atoms with Gasteiger partial charge in [0.15, 0.2) is 18.9 Å². The SMILES string of the molecule is COCCCOCC(CO)COCCCOP(=O)(O)OCC(COCCCOP(=O)(O)OCCCCCCO[C@@H]1OC(CO)[C@H](O)[C@H](C)C1C)(COCCCOP(=O)(O)OCCCCCCO[C@@H]1OC(CO)[C@H](O)[C@H](O)C1C)COCCCOP(=O)(O)OCCCCCCO[C@@H]1OC(CO)[C@H](O)[C@H](O)C1NC(C)=O. The third kappa shape index (κ3) is 43.9. The van der Waals surface area contributed by atoms with E-state index in [9.17, 15) is 88.6 Å². The van der Waals surface area contributed by atoms with E-state index in [1.54, 1.807) is 14.0 Å². The van der Waals surface area contributed by atoms with Crippen LogP contribution in [0.25, 0.3) is 0 Å². The number of unbranched alkanes of at least 4 members (excludes halogenated alkanes) is 9. The smallest absolute Gasteiger partial charge is 0.396 e. The summed E-state index contributed by atoms with van der Waals surface area (Å²) in [6.45, 7) is 3.57. The molecule has 109 heavy (non-hydrogen) atoms. The van der Waals surface area contributed by atoms with E-state index in [-0.39, 0.29) is 176 Å². The highest BCUT2D eigenvalue weighted by Gasteiger charge is 2.46. The van der Waals surface area contributed by atoms with E-state index in [0.717, 1.165) is 0 Å². The molecule has 0 aromatic heterocycles. The summed E-state index contributed by atoms with van der Waals surface area (Å²) in [5, 5.41) is 92.4. The average Bonchev–Trinajstić information content (AvgIpc) is 0.809. The first-order valence-electron chi connectivity index (χ1n) is 37.8. The zero-order valence-electron chi connectivity index (χ0n) is 64.0. The minimum atomic E-state index is -4.87. The molecule has 21 atom stereocenters. The topological polar surface area (TPSA) is 545 Å². The maximum absolute atomic E-state index is 13.5. The standard InChI is InChI=1S/C66H131NO38P4/c1-49-50(2)63(103-54(40-69)58(49)73)92-29-12-6-9-15-32-95-106(78,79)98-36-20-26-89-45-66(48-102-109(84,85)101-35-19-25-88-44-53(39-68)43-87-24-18-23-86-5,46-90-27-21-37-99-107(80,81)96-33-16-10-7-13-30-93-64-51(3)59(74)60(75)55(41-70)104-64)47-91-28-22-38-100-108(82,83)97-34-17-11-8-14-31-94-65-57(67-52(4)72)62(77)61(76)56(42-71)105-65/h49-51,53-65,68-71,73-77H,6-48H2,1-5H3,(H,67,72)(H,78,79)(H,80,81)(H,82,83)(H,84,85)/t49-,50?,51?,53?,54?,55?,56?,57?,58-,59-,60+,61+,62-,63-,64-,65-,66?/m1/s1. The van der Waals surface area contributed by atoms with Crippen molar-refractivity contribution < 1.29 is 182 Å². The van der Waals surface area contributed by atoms with Crippen LogP contribution in [0.3, 0.4) is 0 Å². The van der Waals surface area contributed by atoms with E-state index in [1.165, 1.54) is 6.92 Å². The summed E-state index contributed by atoms with van der Waals surface area (Å²) in [4.78, 5) is 54.1. The molecule has 3 aliphatic rings. The Hall–Kier alpha value is -0.930. The van der Waals surface area contributed by atoms with Gasteiger partial charge in [0.25, 0.3) is 0 Å². The van der Waals surface area contributed by atoms with Crippen LogP contribution in [0.4, 0.5) is 0 Å². The summed E-state index contributed by atoms with van der Waals surface area (Å²) in [7, 11) is -16.9. The number of carbonyl (C=O) groups excluding carboxylic acids is 1. The molecule has 0 aromatic carbocycles. The molecule has 3 fully saturated rings. The van der Waals surface area contributed by atoms with Gasteiger partial charge in [0.2, 0.25) is 5.91 Å². The molecule has 12 unspecified atom stereocenters. The Morgan fingerprint density at radius 3 is 1.07 bits per heavy atom. The summed E-state index contributed by atoms with van der Waals surface area (Å²) >= 11 is 0. The highest BCUT2D eigenvalue weighted by molar-refractivity contribution is 7.48. The molecule has 43 heteroatoms. The number of phosphoric acid groups is 4. The lowest BCUT2D eigenvalue weighted by atomic mass is 9.85. The van der Waals surface area contributed by atoms with Gasteiger partial charge in [0, 0.05) is 91.2 Å². The molecule has 0 saturated carbocycles. The number of amides is 1. The Kier molecular flexibility index (Phi) is 54.4. The van der Waals surface area contributed by atoms with Gasteiger partial charge in [-0.25, -0.2) is 18.3 Å². The van der Waals surface area contributed by atoms with Crippen LogP contribution < -0.4 is 5.32 Å². The van der Waals surface area contributed by atoms with Gasteiger partial charge >= 0.3 is 31.3 Å². The first kappa shape index (κ1) is 102. The lowest BCUT2D eigenvalue weighted by Crippen LogP contribution is -2.64. The number of aliphatic hydroxyl groups is 9.